The molecule has 0 aliphatic carbocycles. The third-order valence-electron chi connectivity index (χ3n) is 2.94. The average Bonchev–Trinajstić information content (AvgIpc) is 2.38. The van der Waals surface area contributed by atoms with Gasteiger partial charge >= 0.3 is 11.1 Å². The average molecular weight is 261 g/mol. The topological polar surface area (TPSA) is 75.2 Å². The highest BCUT2D eigenvalue weighted by Gasteiger charge is 2.11. The van der Waals surface area contributed by atoms with Crippen LogP contribution in [-0.2, 0) is 6.54 Å². The predicted molar refractivity (Wildman–Crippen MR) is 72.5 cm³/mol. The van der Waals surface area contributed by atoms with Gasteiger partial charge in [0.15, 0.2) is 0 Å². The Hall–Kier alpha value is -2.37. The van der Waals surface area contributed by atoms with Gasteiger partial charge in [-0.05, 0) is 25.1 Å². The number of hydrogen-bond acceptors (Lipinski definition) is 3. The smallest absolute Gasteiger partial charge is 0.316 e. The van der Waals surface area contributed by atoms with Crippen LogP contribution in [0.5, 0.6) is 0 Å². The zero-order valence-corrected chi connectivity index (χ0v) is 11.1. The van der Waals surface area contributed by atoms with Gasteiger partial charge in [-0.2, -0.15) is 0 Å². The molecule has 0 spiro atoms. The number of aryl methyl sites for hydroxylation is 1. The fraction of sp³-hybridized carbons (Fsp3) is 0.308. The highest BCUT2D eigenvalue weighted by atomic mass is 16.2. The number of nitrogens with one attached hydrogen (secondary N) is 1. The maximum atomic E-state index is 11.9. The summed E-state index contributed by atoms with van der Waals surface area (Å²) in [6.07, 6.45) is 0. The summed E-state index contributed by atoms with van der Waals surface area (Å²) in [6.45, 7) is 2.19. The molecule has 0 radical (unpaired) electrons. The van der Waals surface area contributed by atoms with Gasteiger partial charge in [0, 0.05) is 26.2 Å². The van der Waals surface area contributed by atoms with E-state index in [4.69, 9.17) is 0 Å². The Morgan fingerprint density at radius 3 is 2.58 bits per heavy atom. The minimum absolute atomic E-state index is 0.156. The number of nitrogens with zero attached hydrogens (tertiary/aromatic N) is 2. The Kier molecular flexibility index (Phi) is 3.25. The van der Waals surface area contributed by atoms with E-state index in [1.54, 1.807) is 39.2 Å². The van der Waals surface area contributed by atoms with Crippen molar-refractivity contribution in [3.8, 4) is 0 Å². The molecule has 1 aromatic carbocycles. The molecular weight excluding hydrogens is 246 g/mol. The summed E-state index contributed by atoms with van der Waals surface area (Å²) in [7, 11) is 3.31. The van der Waals surface area contributed by atoms with Crippen LogP contribution in [-0.4, -0.2) is 34.5 Å². The summed E-state index contributed by atoms with van der Waals surface area (Å²) < 4.78 is 1.39. The molecule has 0 aliphatic heterocycles. The van der Waals surface area contributed by atoms with E-state index in [-0.39, 0.29) is 5.91 Å². The molecule has 1 N–H and O–H groups in total. The number of carbonyl (C=O) groups is 1. The van der Waals surface area contributed by atoms with Crippen LogP contribution in [0.3, 0.4) is 0 Å². The van der Waals surface area contributed by atoms with E-state index in [1.165, 1.54) is 9.47 Å². The Balaban J connectivity index is 2.75. The first-order valence-corrected chi connectivity index (χ1v) is 5.94. The number of carbonyl (C=O) groups excluding carboxylic acids is 1. The molecule has 1 amide bonds. The molecule has 19 heavy (non-hydrogen) atoms. The van der Waals surface area contributed by atoms with Crippen molar-refractivity contribution in [2.24, 2.45) is 0 Å². The molecule has 0 aliphatic rings. The van der Waals surface area contributed by atoms with Crippen molar-refractivity contribution in [1.29, 1.82) is 0 Å². The molecule has 0 saturated heterocycles. The van der Waals surface area contributed by atoms with E-state index < -0.39 is 11.1 Å². The maximum Gasteiger partial charge on any atom is 0.316 e. The largest absolute Gasteiger partial charge is 0.345 e. The Labute approximate surface area is 109 Å². The molecule has 2 aromatic rings. The van der Waals surface area contributed by atoms with Crippen LogP contribution < -0.4 is 11.1 Å². The van der Waals surface area contributed by atoms with E-state index in [9.17, 15) is 14.4 Å². The van der Waals surface area contributed by atoms with Crippen molar-refractivity contribution in [3.05, 3.63) is 44.5 Å². The number of rotatable bonds is 2. The summed E-state index contributed by atoms with van der Waals surface area (Å²) in [4.78, 5) is 39.0. The molecule has 6 heteroatoms. The second-order valence-corrected chi connectivity index (χ2v) is 4.44. The summed E-state index contributed by atoms with van der Waals surface area (Å²) >= 11 is 0. The van der Waals surface area contributed by atoms with E-state index in [0.29, 0.717) is 23.1 Å². The first-order valence-electron chi connectivity index (χ1n) is 5.94. The van der Waals surface area contributed by atoms with Crippen LogP contribution >= 0.6 is 0 Å². The first-order chi connectivity index (χ1) is 8.95. The van der Waals surface area contributed by atoms with Crippen LogP contribution in [0.4, 0.5) is 0 Å². The molecule has 100 valence electrons. The third kappa shape index (κ3) is 2.16. The fourth-order valence-corrected chi connectivity index (χ4v) is 1.98. The van der Waals surface area contributed by atoms with Crippen molar-refractivity contribution in [3.63, 3.8) is 0 Å². The quantitative estimate of drug-likeness (QED) is 0.796. The number of H-pyrrole nitrogens is 1. The van der Waals surface area contributed by atoms with Gasteiger partial charge in [-0.3, -0.25) is 14.4 Å². The second-order valence-electron chi connectivity index (χ2n) is 4.44. The standard InChI is InChI=1S/C13H15N3O3/c1-4-16-10-6-5-8(12(18)15(2)3)7-9(10)14-11(17)13(16)19/h5-7H,4H2,1-3H3,(H,14,17). The summed E-state index contributed by atoms with van der Waals surface area (Å²) in [5.74, 6) is -0.156. The lowest BCUT2D eigenvalue weighted by Crippen LogP contribution is -2.36. The highest BCUT2D eigenvalue weighted by Crippen LogP contribution is 2.12. The van der Waals surface area contributed by atoms with E-state index in [1.807, 2.05) is 0 Å². The minimum Gasteiger partial charge on any atom is -0.345 e. The maximum absolute atomic E-state index is 11.9. The molecule has 0 saturated carbocycles. The Bertz CT molecular complexity index is 756. The molecule has 6 nitrogen and oxygen atoms in total. The summed E-state index contributed by atoms with van der Waals surface area (Å²) in [5.41, 5.74) is 0.307. The van der Waals surface area contributed by atoms with Crippen LogP contribution in [0.1, 0.15) is 17.3 Å². The Morgan fingerprint density at radius 2 is 2.00 bits per heavy atom. The lowest BCUT2D eigenvalue weighted by Gasteiger charge is -2.12. The Morgan fingerprint density at radius 1 is 1.32 bits per heavy atom. The fourth-order valence-electron chi connectivity index (χ4n) is 1.98. The van der Waals surface area contributed by atoms with Crippen LogP contribution in [0.2, 0.25) is 0 Å². The van der Waals surface area contributed by atoms with Gasteiger partial charge in [0.25, 0.3) is 5.91 Å². The lowest BCUT2D eigenvalue weighted by atomic mass is 10.1. The van der Waals surface area contributed by atoms with Gasteiger partial charge in [-0.15, -0.1) is 0 Å². The monoisotopic (exact) mass is 261 g/mol. The lowest BCUT2D eigenvalue weighted by molar-refractivity contribution is 0.0827. The van der Waals surface area contributed by atoms with Gasteiger partial charge in [0.1, 0.15) is 0 Å². The molecule has 0 atom stereocenters. The van der Waals surface area contributed by atoms with Crippen LogP contribution in [0.25, 0.3) is 11.0 Å². The third-order valence-corrected chi connectivity index (χ3v) is 2.94. The number of hydrogen-bond donors (Lipinski definition) is 1. The minimum atomic E-state index is -0.677. The van der Waals surface area contributed by atoms with Crippen molar-refractivity contribution in [2.45, 2.75) is 13.5 Å². The number of aromatic amines is 1. The number of fused-ring (bicyclic) bond motifs is 1. The first kappa shape index (κ1) is 13.1. The van der Waals surface area contributed by atoms with Crippen molar-refractivity contribution >= 4 is 16.9 Å². The van der Waals surface area contributed by atoms with E-state index in [0.717, 1.165) is 0 Å². The second kappa shape index (κ2) is 4.72. The number of amides is 1. The molecule has 1 aromatic heterocycles. The molecule has 0 unspecified atom stereocenters. The van der Waals surface area contributed by atoms with Gasteiger partial charge in [0.2, 0.25) is 0 Å². The van der Waals surface area contributed by atoms with Gasteiger partial charge < -0.3 is 14.5 Å². The molecule has 1 heterocycles. The number of aromatic nitrogens is 2. The number of benzene rings is 1. The van der Waals surface area contributed by atoms with Crippen LogP contribution in [0, 0.1) is 0 Å². The van der Waals surface area contributed by atoms with Gasteiger partial charge in [-0.1, -0.05) is 0 Å². The highest BCUT2D eigenvalue weighted by molar-refractivity contribution is 5.97. The SMILES string of the molecule is CCn1c(=O)c(=O)[nH]c2cc(C(=O)N(C)C)ccc21. The molecule has 0 bridgehead atoms. The van der Waals surface area contributed by atoms with E-state index in [2.05, 4.69) is 4.98 Å². The molecular formula is C13H15N3O3. The van der Waals surface area contributed by atoms with Crippen molar-refractivity contribution < 1.29 is 4.79 Å². The normalized spacial score (nSPS) is 10.7. The van der Waals surface area contributed by atoms with Gasteiger partial charge in [0.05, 0.1) is 11.0 Å². The summed E-state index contributed by atoms with van der Waals surface area (Å²) in [5, 5.41) is 0. The molecule has 2 rings (SSSR count). The van der Waals surface area contributed by atoms with Crippen molar-refractivity contribution in [1.82, 2.24) is 14.5 Å². The zero-order valence-electron chi connectivity index (χ0n) is 11.1. The predicted octanol–water partition coefficient (Wildman–Crippen LogP) is 0.411. The zero-order chi connectivity index (χ0) is 14.2. The van der Waals surface area contributed by atoms with Crippen LogP contribution in [0.15, 0.2) is 27.8 Å². The van der Waals surface area contributed by atoms with Crippen molar-refractivity contribution in [2.75, 3.05) is 14.1 Å². The van der Waals surface area contributed by atoms with Gasteiger partial charge in [-0.25, -0.2) is 0 Å². The summed E-state index contributed by atoms with van der Waals surface area (Å²) in [6, 6.07) is 4.91. The van der Waals surface area contributed by atoms with E-state index >= 15 is 0 Å². The molecule has 0 fully saturated rings.